The van der Waals surface area contributed by atoms with E-state index in [1.54, 1.807) is 0 Å². The fraction of sp³-hybridized carbons (Fsp3) is 0.176. The van der Waals surface area contributed by atoms with Gasteiger partial charge in [-0.2, -0.15) is 0 Å². The van der Waals surface area contributed by atoms with Crippen molar-refractivity contribution >= 4 is 61.3 Å². The molecule has 3 rings (SSSR count). The monoisotopic (exact) mass is 427 g/mol. The van der Waals surface area contributed by atoms with E-state index >= 15 is 0 Å². The van der Waals surface area contributed by atoms with Gasteiger partial charge < -0.3 is 5.32 Å². The molecule has 0 saturated heterocycles. The molecule has 1 nitrogen and oxygen atoms in total. The van der Waals surface area contributed by atoms with Crippen LogP contribution in [-0.2, 0) is 0 Å². The first-order valence-corrected chi connectivity index (χ1v) is 9.03. The normalized spacial score (nSPS) is 12.6. The first-order valence-electron chi connectivity index (χ1n) is 6.76. The second-order valence-electron chi connectivity index (χ2n) is 5.08. The van der Waals surface area contributed by atoms with Crippen LogP contribution in [0.2, 0.25) is 5.02 Å². The molecule has 0 aliphatic heterocycles. The van der Waals surface area contributed by atoms with Crippen LogP contribution in [0.4, 0.5) is 5.69 Å². The number of anilines is 1. The summed E-state index contributed by atoms with van der Waals surface area (Å²) in [6.45, 7) is 4.38. The first kappa shape index (κ1) is 15.1. The van der Waals surface area contributed by atoms with E-state index in [9.17, 15) is 0 Å². The van der Waals surface area contributed by atoms with Crippen LogP contribution in [0.3, 0.4) is 0 Å². The molecule has 2 aromatic carbocycles. The molecule has 1 unspecified atom stereocenters. The number of fused-ring (bicyclic) bond motifs is 1. The average molecular weight is 428 g/mol. The molecule has 0 bridgehead atoms. The van der Waals surface area contributed by atoms with Crippen molar-refractivity contribution in [2.75, 3.05) is 5.32 Å². The highest BCUT2D eigenvalue weighted by atomic mass is 127. The molecule has 21 heavy (non-hydrogen) atoms. The second kappa shape index (κ2) is 6.15. The Morgan fingerprint density at radius 3 is 2.67 bits per heavy atom. The van der Waals surface area contributed by atoms with Crippen molar-refractivity contribution in [2.45, 2.75) is 19.9 Å². The maximum atomic E-state index is 6.32. The van der Waals surface area contributed by atoms with E-state index in [2.05, 4.69) is 72.1 Å². The number of aryl methyl sites for hydroxylation is 1. The molecule has 1 aromatic heterocycles. The van der Waals surface area contributed by atoms with Crippen LogP contribution >= 0.6 is 45.5 Å². The van der Waals surface area contributed by atoms with Crippen molar-refractivity contribution in [1.82, 2.24) is 0 Å². The molecule has 1 heterocycles. The summed E-state index contributed by atoms with van der Waals surface area (Å²) in [4.78, 5) is 1.37. The lowest BCUT2D eigenvalue weighted by atomic mass is 10.1. The molecule has 0 amide bonds. The largest absolute Gasteiger partial charge is 0.376 e. The van der Waals surface area contributed by atoms with Crippen molar-refractivity contribution in [1.29, 1.82) is 0 Å². The minimum atomic E-state index is 0.236. The van der Waals surface area contributed by atoms with Crippen LogP contribution in [0.5, 0.6) is 0 Å². The van der Waals surface area contributed by atoms with E-state index in [1.165, 1.54) is 20.5 Å². The fourth-order valence-corrected chi connectivity index (χ4v) is 4.64. The summed E-state index contributed by atoms with van der Waals surface area (Å²) in [6.07, 6.45) is 0. The van der Waals surface area contributed by atoms with Crippen LogP contribution in [0.15, 0.2) is 42.5 Å². The van der Waals surface area contributed by atoms with Crippen molar-refractivity contribution in [3.8, 4) is 0 Å². The van der Waals surface area contributed by atoms with Gasteiger partial charge in [0.05, 0.1) is 16.8 Å². The lowest BCUT2D eigenvalue weighted by Gasteiger charge is -2.16. The van der Waals surface area contributed by atoms with Crippen molar-refractivity contribution in [2.24, 2.45) is 0 Å². The molecular weight excluding hydrogens is 413 g/mol. The van der Waals surface area contributed by atoms with Gasteiger partial charge in [0.25, 0.3) is 0 Å². The molecule has 3 aromatic rings. The van der Waals surface area contributed by atoms with E-state index in [1.807, 2.05) is 23.5 Å². The molecule has 0 spiro atoms. The van der Waals surface area contributed by atoms with Crippen molar-refractivity contribution in [3.05, 3.63) is 61.5 Å². The van der Waals surface area contributed by atoms with Gasteiger partial charge in [0.2, 0.25) is 0 Å². The summed E-state index contributed by atoms with van der Waals surface area (Å²) >= 11 is 10.4. The lowest BCUT2D eigenvalue weighted by molar-refractivity contribution is 0.900. The minimum Gasteiger partial charge on any atom is -0.376 e. The zero-order chi connectivity index (χ0) is 15.0. The Balaban J connectivity index is 1.93. The topological polar surface area (TPSA) is 12.0 Å². The number of nitrogens with one attached hydrogen (secondary N) is 1. The quantitative estimate of drug-likeness (QED) is 0.462. The maximum Gasteiger partial charge on any atom is 0.0648 e. The number of hydrogen-bond donors (Lipinski definition) is 1. The van der Waals surface area contributed by atoms with Crippen LogP contribution in [0.25, 0.3) is 10.1 Å². The maximum absolute atomic E-state index is 6.32. The second-order valence-corrected chi connectivity index (χ2v) is 7.81. The molecule has 1 atom stereocenters. The standard InChI is InChI=1S/C17H15ClINS/c1-10-13-5-3-4-6-16(13)21-17(10)11(2)20-15-8-7-12(19)9-14(15)18/h3-9,11,20H,1-2H3. The Labute approximate surface area is 147 Å². The van der Waals surface area contributed by atoms with Gasteiger partial charge in [-0.3, -0.25) is 0 Å². The molecule has 0 fully saturated rings. The van der Waals surface area contributed by atoms with Gasteiger partial charge in [0, 0.05) is 13.1 Å². The first-order chi connectivity index (χ1) is 10.1. The zero-order valence-corrected chi connectivity index (χ0v) is 15.5. The van der Waals surface area contributed by atoms with Crippen molar-refractivity contribution < 1.29 is 0 Å². The number of benzene rings is 2. The molecular formula is C17H15ClINS. The third-order valence-electron chi connectivity index (χ3n) is 3.58. The molecule has 0 radical (unpaired) electrons. The Morgan fingerprint density at radius 2 is 1.95 bits per heavy atom. The van der Waals surface area contributed by atoms with E-state index in [4.69, 9.17) is 11.6 Å². The Morgan fingerprint density at radius 1 is 1.19 bits per heavy atom. The van der Waals surface area contributed by atoms with Crippen LogP contribution in [-0.4, -0.2) is 0 Å². The van der Waals surface area contributed by atoms with Gasteiger partial charge >= 0.3 is 0 Å². The molecule has 4 heteroatoms. The smallest absolute Gasteiger partial charge is 0.0648 e. The molecule has 0 saturated carbocycles. The van der Waals surface area contributed by atoms with E-state index in [0.717, 1.165) is 14.3 Å². The third kappa shape index (κ3) is 3.05. The predicted molar refractivity (Wildman–Crippen MR) is 103 cm³/mol. The lowest BCUT2D eigenvalue weighted by Crippen LogP contribution is -2.06. The molecule has 108 valence electrons. The SMILES string of the molecule is Cc1c(C(C)Nc2ccc(I)cc2Cl)sc2ccccc12. The predicted octanol–water partition coefficient (Wildman–Crippen LogP) is 6.64. The fourth-order valence-electron chi connectivity index (χ4n) is 2.51. The van der Waals surface area contributed by atoms with E-state index in [0.29, 0.717) is 0 Å². The average Bonchev–Trinajstić information content (AvgIpc) is 2.80. The summed E-state index contributed by atoms with van der Waals surface area (Å²) in [5, 5.41) is 5.65. The van der Waals surface area contributed by atoms with E-state index in [-0.39, 0.29) is 6.04 Å². The number of rotatable bonds is 3. The number of thiophene rings is 1. The van der Waals surface area contributed by atoms with Gasteiger partial charge in [0.1, 0.15) is 0 Å². The Hall–Kier alpha value is -0.780. The molecule has 1 N–H and O–H groups in total. The van der Waals surface area contributed by atoms with E-state index < -0.39 is 0 Å². The summed E-state index contributed by atoms with van der Waals surface area (Å²) in [6, 6.07) is 14.9. The number of hydrogen-bond acceptors (Lipinski definition) is 2. The van der Waals surface area contributed by atoms with Gasteiger partial charge in [-0.1, -0.05) is 29.8 Å². The highest BCUT2D eigenvalue weighted by Crippen LogP contribution is 2.36. The van der Waals surface area contributed by atoms with Gasteiger partial charge in [-0.15, -0.1) is 11.3 Å². The number of halogens is 2. The van der Waals surface area contributed by atoms with Gasteiger partial charge in [-0.25, -0.2) is 0 Å². The van der Waals surface area contributed by atoms with Gasteiger partial charge in [-0.05, 0) is 71.7 Å². The molecule has 0 aliphatic rings. The van der Waals surface area contributed by atoms with Crippen LogP contribution < -0.4 is 5.32 Å². The summed E-state index contributed by atoms with van der Waals surface area (Å²) in [5.41, 5.74) is 2.35. The zero-order valence-electron chi connectivity index (χ0n) is 11.8. The Kier molecular flexibility index (Phi) is 4.43. The summed E-state index contributed by atoms with van der Waals surface area (Å²) in [7, 11) is 0. The summed E-state index contributed by atoms with van der Waals surface area (Å²) < 4.78 is 2.49. The van der Waals surface area contributed by atoms with Crippen LogP contribution in [0, 0.1) is 10.5 Å². The third-order valence-corrected chi connectivity index (χ3v) is 6.02. The summed E-state index contributed by atoms with van der Waals surface area (Å²) in [5.74, 6) is 0. The van der Waals surface area contributed by atoms with Crippen LogP contribution in [0.1, 0.15) is 23.4 Å². The highest BCUT2D eigenvalue weighted by Gasteiger charge is 2.15. The van der Waals surface area contributed by atoms with Crippen molar-refractivity contribution in [3.63, 3.8) is 0 Å². The van der Waals surface area contributed by atoms with Gasteiger partial charge in [0.15, 0.2) is 0 Å². The molecule has 0 aliphatic carbocycles. The Bertz CT molecular complexity index is 797. The highest BCUT2D eigenvalue weighted by molar-refractivity contribution is 14.1. The minimum absolute atomic E-state index is 0.236.